The minimum atomic E-state index is -0.550. The summed E-state index contributed by atoms with van der Waals surface area (Å²) >= 11 is 0.788. The largest absolute Gasteiger partial charge is 0.477 e. The van der Waals surface area contributed by atoms with Gasteiger partial charge < -0.3 is 10.1 Å². The molecule has 1 aromatic heterocycles. The fourth-order valence-electron chi connectivity index (χ4n) is 1.54. The second-order valence-corrected chi connectivity index (χ2v) is 4.85. The Balaban J connectivity index is 2.15. The quantitative estimate of drug-likeness (QED) is 0.675. The number of ether oxygens (including phenoxy) is 1. The Morgan fingerprint density at radius 1 is 1.38 bits per heavy atom. The third-order valence-electron chi connectivity index (χ3n) is 2.42. The van der Waals surface area contributed by atoms with Gasteiger partial charge in [-0.2, -0.15) is 5.26 Å². The molecule has 106 valence electrons. The molecular weight excluding hydrogens is 294 g/mol. The van der Waals surface area contributed by atoms with Gasteiger partial charge in [-0.15, -0.1) is 0 Å². The molecule has 0 aliphatic carbocycles. The van der Waals surface area contributed by atoms with E-state index in [4.69, 9.17) is 10.00 Å². The number of hydrogen-bond donors (Lipinski definition) is 1. The maximum atomic E-state index is 12.0. The first-order valence-electron chi connectivity index (χ1n) is 5.76. The predicted octanol–water partition coefficient (Wildman–Crippen LogP) is 2.81. The summed E-state index contributed by atoms with van der Waals surface area (Å²) in [4.78, 5) is 22.3. The number of nitrogens with zero attached hydrogens (tertiary/aromatic N) is 2. The topological polar surface area (TPSA) is 105 Å². The molecule has 0 unspecified atom stereocenters. The minimum absolute atomic E-state index is 0.103. The number of carbonyl (C=O) groups is 1. The number of thiophene rings is 1. The Bertz CT molecular complexity index is 720. The molecule has 7 nitrogen and oxygen atoms in total. The van der Waals surface area contributed by atoms with Gasteiger partial charge in [0, 0.05) is 6.07 Å². The molecule has 1 aromatic carbocycles. The number of benzene rings is 1. The van der Waals surface area contributed by atoms with Crippen LogP contribution in [0.1, 0.15) is 9.67 Å². The van der Waals surface area contributed by atoms with E-state index in [0.717, 1.165) is 11.3 Å². The summed E-state index contributed by atoms with van der Waals surface area (Å²) in [6, 6.07) is 11.1. The highest BCUT2D eigenvalue weighted by Crippen LogP contribution is 2.27. The number of anilines is 1. The number of para-hydroxylation sites is 2. The predicted molar refractivity (Wildman–Crippen MR) is 76.5 cm³/mol. The normalized spacial score (nSPS) is 9.67. The maximum absolute atomic E-state index is 12.0. The maximum Gasteiger partial charge on any atom is 0.324 e. The lowest BCUT2D eigenvalue weighted by atomic mass is 10.3. The van der Waals surface area contributed by atoms with Crippen LogP contribution in [0.5, 0.6) is 5.75 Å². The van der Waals surface area contributed by atoms with Gasteiger partial charge in [0.2, 0.25) is 0 Å². The summed E-state index contributed by atoms with van der Waals surface area (Å²) < 4.78 is 5.19. The van der Waals surface area contributed by atoms with E-state index in [1.165, 1.54) is 12.1 Å². The second-order valence-electron chi connectivity index (χ2n) is 3.79. The van der Waals surface area contributed by atoms with Crippen LogP contribution in [0.25, 0.3) is 0 Å². The van der Waals surface area contributed by atoms with Crippen LogP contribution in [0.15, 0.2) is 36.4 Å². The van der Waals surface area contributed by atoms with E-state index in [-0.39, 0.29) is 16.5 Å². The Hall–Kier alpha value is -2.92. The molecule has 0 spiro atoms. The highest BCUT2D eigenvalue weighted by Gasteiger charge is 2.16. The van der Waals surface area contributed by atoms with Crippen LogP contribution in [0.2, 0.25) is 0 Å². The Labute approximate surface area is 123 Å². The summed E-state index contributed by atoms with van der Waals surface area (Å²) in [7, 11) is 0. The van der Waals surface area contributed by atoms with Crippen LogP contribution < -0.4 is 10.1 Å². The average molecular weight is 303 g/mol. The molecule has 1 N–H and O–H groups in total. The molecular formula is C13H9N3O4S. The molecule has 0 aliphatic rings. The molecule has 1 amide bonds. The van der Waals surface area contributed by atoms with Crippen molar-refractivity contribution < 1.29 is 14.5 Å². The SMILES string of the molecule is N#CCOc1ccccc1NC(=O)c1ccc([N+](=O)[O-])s1. The first-order chi connectivity index (χ1) is 10.1. The van der Waals surface area contributed by atoms with Crippen molar-refractivity contribution in [1.29, 1.82) is 5.26 Å². The summed E-state index contributed by atoms with van der Waals surface area (Å²) in [5.41, 5.74) is 0.397. The van der Waals surface area contributed by atoms with Gasteiger partial charge in [0.25, 0.3) is 5.91 Å². The monoisotopic (exact) mass is 303 g/mol. The third-order valence-corrected chi connectivity index (χ3v) is 3.46. The van der Waals surface area contributed by atoms with Gasteiger partial charge in [-0.3, -0.25) is 14.9 Å². The van der Waals surface area contributed by atoms with Crippen LogP contribution in [0.4, 0.5) is 10.7 Å². The number of rotatable bonds is 5. The van der Waals surface area contributed by atoms with Crippen molar-refractivity contribution in [2.45, 2.75) is 0 Å². The number of carbonyl (C=O) groups excluding carboxylic acids is 1. The molecule has 2 aromatic rings. The number of nitro groups is 1. The van der Waals surface area contributed by atoms with E-state index >= 15 is 0 Å². The number of hydrogen-bond acceptors (Lipinski definition) is 6. The Morgan fingerprint density at radius 2 is 2.14 bits per heavy atom. The van der Waals surface area contributed by atoms with Gasteiger partial charge in [-0.1, -0.05) is 23.5 Å². The third kappa shape index (κ3) is 3.55. The van der Waals surface area contributed by atoms with E-state index in [9.17, 15) is 14.9 Å². The van der Waals surface area contributed by atoms with E-state index in [1.54, 1.807) is 24.3 Å². The lowest BCUT2D eigenvalue weighted by Crippen LogP contribution is -2.11. The zero-order valence-electron chi connectivity index (χ0n) is 10.6. The van der Waals surface area contributed by atoms with Gasteiger partial charge >= 0.3 is 5.00 Å². The van der Waals surface area contributed by atoms with Crippen molar-refractivity contribution in [2.75, 3.05) is 11.9 Å². The molecule has 0 fully saturated rings. The van der Waals surface area contributed by atoms with Gasteiger partial charge in [-0.25, -0.2) is 0 Å². The van der Waals surface area contributed by atoms with Crippen LogP contribution in [0, 0.1) is 21.4 Å². The summed E-state index contributed by atoms with van der Waals surface area (Å²) in [5, 5.41) is 21.6. The molecule has 0 atom stereocenters. The van der Waals surface area contributed by atoms with Crippen LogP contribution in [-0.4, -0.2) is 17.4 Å². The first-order valence-corrected chi connectivity index (χ1v) is 6.58. The molecule has 0 saturated carbocycles. The molecule has 21 heavy (non-hydrogen) atoms. The summed E-state index contributed by atoms with van der Waals surface area (Å²) in [6.07, 6.45) is 0. The number of nitriles is 1. The molecule has 1 heterocycles. The van der Waals surface area contributed by atoms with Crippen molar-refractivity contribution in [3.8, 4) is 11.8 Å². The van der Waals surface area contributed by atoms with Gasteiger partial charge in [0.15, 0.2) is 6.61 Å². The first kappa shape index (κ1) is 14.5. The average Bonchev–Trinajstić information content (AvgIpc) is 2.96. The number of nitrogens with one attached hydrogen (secondary N) is 1. The lowest BCUT2D eigenvalue weighted by Gasteiger charge is -2.09. The summed E-state index contributed by atoms with van der Waals surface area (Å²) in [6.45, 7) is -0.142. The zero-order chi connectivity index (χ0) is 15.2. The van der Waals surface area contributed by atoms with Crippen molar-refractivity contribution in [3.63, 3.8) is 0 Å². The minimum Gasteiger partial charge on any atom is -0.477 e. The van der Waals surface area contributed by atoms with Gasteiger partial charge in [0.05, 0.1) is 15.5 Å². The molecule has 8 heteroatoms. The fourth-order valence-corrected chi connectivity index (χ4v) is 2.25. The van der Waals surface area contributed by atoms with Gasteiger partial charge in [-0.05, 0) is 18.2 Å². The van der Waals surface area contributed by atoms with Crippen molar-refractivity contribution in [1.82, 2.24) is 0 Å². The molecule has 0 saturated heterocycles. The second kappa shape index (κ2) is 6.49. The van der Waals surface area contributed by atoms with E-state index in [1.807, 2.05) is 6.07 Å². The van der Waals surface area contributed by atoms with E-state index < -0.39 is 10.8 Å². The Kier molecular flexibility index (Phi) is 4.48. The smallest absolute Gasteiger partial charge is 0.324 e. The highest BCUT2D eigenvalue weighted by molar-refractivity contribution is 7.17. The molecule has 0 radical (unpaired) electrons. The fraction of sp³-hybridized carbons (Fsp3) is 0.0769. The zero-order valence-corrected chi connectivity index (χ0v) is 11.4. The highest BCUT2D eigenvalue weighted by atomic mass is 32.1. The lowest BCUT2D eigenvalue weighted by molar-refractivity contribution is -0.380. The molecule has 0 bridgehead atoms. The van der Waals surface area contributed by atoms with E-state index in [0.29, 0.717) is 11.4 Å². The van der Waals surface area contributed by atoms with Crippen molar-refractivity contribution in [2.24, 2.45) is 0 Å². The Morgan fingerprint density at radius 3 is 2.81 bits per heavy atom. The van der Waals surface area contributed by atoms with E-state index in [2.05, 4.69) is 5.32 Å². The standard InChI is InChI=1S/C13H9N3O4S/c14-7-8-20-10-4-2-1-3-9(10)15-13(17)11-5-6-12(21-11)16(18)19/h1-6H,8H2,(H,15,17). The van der Waals surface area contributed by atoms with Gasteiger partial charge in [0.1, 0.15) is 11.8 Å². The molecule has 2 rings (SSSR count). The van der Waals surface area contributed by atoms with Crippen LogP contribution in [-0.2, 0) is 0 Å². The van der Waals surface area contributed by atoms with Crippen molar-refractivity contribution in [3.05, 3.63) is 51.4 Å². The van der Waals surface area contributed by atoms with Crippen molar-refractivity contribution >= 4 is 27.9 Å². The summed E-state index contributed by atoms with van der Waals surface area (Å²) in [5.74, 6) is -0.112. The van der Waals surface area contributed by atoms with Crippen LogP contribution in [0.3, 0.4) is 0 Å². The number of amides is 1. The molecule has 0 aliphatic heterocycles. The van der Waals surface area contributed by atoms with Crippen LogP contribution >= 0.6 is 11.3 Å².